The molecular weight excluding hydrogens is 216 g/mol. The van der Waals surface area contributed by atoms with Gasteiger partial charge >= 0.3 is 0 Å². The van der Waals surface area contributed by atoms with Crippen LogP contribution in [0.3, 0.4) is 0 Å². The highest BCUT2D eigenvalue weighted by molar-refractivity contribution is 5.92. The van der Waals surface area contributed by atoms with E-state index in [9.17, 15) is 4.79 Å². The molecule has 0 bridgehead atoms. The molecule has 0 aromatic carbocycles. The quantitative estimate of drug-likeness (QED) is 0.803. The Hall–Kier alpha value is -1.36. The zero-order valence-corrected chi connectivity index (χ0v) is 9.85. The maximum Gasteiger partial charge on any atom is 0.269 e. The van der Waals surface area contributed by atoms with Crippen LogP contribution in [0, 0.1) is 5.92 Å². The standard InChI is InChI=1S/C12H18N4O/c17-12(11-3-5-14-15-11)13-7-9-4-6-16(8-9)10-1-2-10/h3,5,9-10H,1-2,4,6-8H2,(H,13,17)(H,14,15). The van der Waals surface area contributed by atoms with Crippen LogP contribution in [0.25, 0.3) is 0 Å². The monoisotopic (exact) mass is 234 g/mol. The molecule has 1 aromatic rings. The van der Waals surface area contributed by atoms with Crippen LogP contribution >= 0.6 is 0 Å². The minimum absolute atomic E-state index is 0.0487. The summed E-state index contributed by atoms with van der Waals surface area (Å²) in [7, 11) is 0. The summed E-state index contributed by atoms with van der Waals surface area (Å²) in [5, 5.41) is 9.42. The Balaban J connectivity index is 1.44. The zero-order valence-electron chi connectivity index (χ0n) is 9.85. The molecule has 1 aliphatic carbocycles. The van der Waals surface area contributed by atoms with Gasteiger partial charge in [-0.2, -0.15) is 5.10 Å². The lowest BCUT2D eigenvalue weighted by Gasteiger charge is -2.14. The fraction of sp³-hybridized carbons (Fsp3) is 0.667. The van der Waals surface area contributed by atoms with E-state index in [0.717, 1.165) is 19.1 Å². The van der Waals surface area contributed by atoms with Gasteiger partial charge in [-0.05, 0) is 37.8 Å². The molecule has 1 saturated carbocycles. The third-order valence-electron chi connectivity index (χ3n) is 3.68. The van der Waals surface area contributed by atoms with Gasteiger partial charge in [-0.15, -0.1) is 0 Å². The van der Waals surface area contributed by atoms with Crippen molar-refractivity contribution >= 4 is 5.91 Å². The average molecular weight is 234 g/mol. The molecule has 5 nitrogen and oxygen atoms in total. The molecule has 1 amide bonds. The van der Waals surface area contributed by atoms with Crippen molar-refractivity contribution in [2.45, 2.75) is 25.3 Å². The zero-order chi connectivity index (χ0) is 11.7. The average Bonchev–Trinajstić information content (AvgIpc) is 2.88. The topological polar surface area (TPSA) is 61.0 Å². The molecule has 2 fully saturated rings. The van der Waals surface area contributed by atoms with E-state index in [1.54, 1.807) is 12.3 Å². The summed E-state index contributed by atoms with van der Waals surface area (Å²) < 4.78 is 0. The predicted molar refractivity (Wildman–Crippen MR) is 63.6 cm³/mol. The van der Waals surface area contributed by atoms with E-state index in [-0.39, 0.29) is 5.91 Å². The minimum atomic E-state index is -0.0487. The van der Waals surface area contributed by atoms with Crippen molar-refractivity contribution in [1.29, 1.82) is 0 Å². The van der Waals surface area contributed by atoms with E-state index in [1.807, 2.05) is 0 Å². The van der Waals surface area contributed by atoms with Gasteiger partial charge in [0.15, 0.2) is 0 Å². The molecule has 2 aliphatic rings. The van der Waals surface area contributed by atoms with Gasteiger partial charge in [-0.1, -0.05) is 0 Å². The van der Waals surface area contributed by atoms with E-state index < -0.39 is 0 Å². The van der Waals surface area contributed by atoms with Crippen LogP contribution in [0.15, 0.2) is 12.3 Å². The molecule has 2 heterocycles. The lowest BCUT2D eigenvalue weighted by atomic mass is 10.1. The van der Waals surface area contributed by atoms with Gasteiger partial charge in [0.2, 0.25) is 0 Å². The molecule has 0 radical (unpaired) electrons. The number of hydrogen-bond donors (Lipinski definition) is 2. The first-order chi connectivity index (χ1) is 8.33. The Morgan fingerprint density at radius 1 is 1.53 bits per heavy atom. The van der Waals surface area contributed by atoms with Crippen molar-refractivity contribution in [2.75, 3.05) is 19.6 Å². The highest BCUT2D eigenvalue weighted by atomic mass is 16.1. The molecular formula is C12H18N4O. The third kappa shape index (κ3) is 2.49. The van der Waals surface area contributed by atoms with Gasteiger partial charge in [0, 0.05) is 25.3 Å². The summed E-state index contributed by atoms with van der Waals surface area (Å²) in [6.45, 7) is 3.13. The van der Waals surface area contributed by atoms with Crippen molar-refractivity contribution in [2.24, 2.45) is 5.92 Å². The number of aromatic amines is 1. The summed E-state index contributed by atoms with van der Waals surface area (Å²) in [4.78, 5) is 14.3. The van der Waals surface area contributed by atoms with Crippen molar-refractivity contribution in [3.05, 3.63) is 18.0 Å². The summed E-state index contributed by atoms with van der Waals surface area (Å²) in [5.74, 6) is 0.565. The van der Waals surface area contributed by atoms with Crippen LogP contribution in [-0.2, 0) is 0 Å². The van der Waals surface area contributed by atoms with Gasteiger partial charge in [0.25, 0.3) is 5.91 Å². The Morgan fingerprint density at radius 2 is 2.41 bits per heavy atom. The number of amides is 1. The first kappa shape index (κ1) is 10.8. The predicted octanol–water partition coefficient (Wildman–Crippen LogP) is 0.624. The lowest BCUT2D eigenvalue weighted by Crippen LogP contribution is -2.31. The first-order valence-electron chi connectivity index (χ1n) is 6.34. The third-order valence-corrected chi connectivity index (χ3v) is 3.68. The molecule has 1 saturated heterocycles. The van der Waals surface area contributed by atoms with Gasteiger partial charge in [-0.3, -0.25) is 9.89 Å². The van der Waals surface area contributed by atoms with Gasteiger partial charge < -0.3 is 10.2 Å². The summed E-state index contributed by atoms with van der Waals surface area (Å²) in [6, 6.07) is 2.55. The summed E-state index contributed by atoms with van der Waals surface area (Å²) in [6.07, 6.45) is 5.54. The second-order valence-electron chi connectivity index (χ2n) is 5.06. The van der Waals surface area contributed by atoms with Crippen molar-refractivity contribution in [3.8, 4) is 0 Å². The number of rotatable bonds is 4. The van der Waals surface area contributed by atoms with E-state index in [0.29, 0.717) is 11.6 Å². The first-order valence-corrected chi connectivity index (χ1v) is 6.34. The SMILES string of the molecule is O=C(NCC1CCN(C2CC2)C1)c1ccn[nH]1. The van der Waals surface area contributed by atoms with E-state index in [4.69, 9.17) is 0 Å². The maximum atomic E-state index is 11.7. The van der Waals surface area contributed by atoms with E-state index in [2.05, 4.69) is 20.4 Å². The van der Waals surface area contributed by atoms with Gasteiger partial charge in [-0.25, -0.2) is 0 Å². The molecule has 5 heteroatoms. The smallest absolute Gasteiger partial charge is 0.269 e. The second-order valence-corrected chi connectivity index (χ2v) is 5.06. The Bertz CT molecular complexity index is 385. The van der Waals surface area contributed by atoms with E-state index in [1.165, 1.54) is 25.8 Å². The molecule has 0 spiro atoms. The van der Waals surface area contributed by atoms with Crippen LogP contribution < -0.4 is 5.32 Å². The second kappa shape index (κ2) is 4.49. The number of likely N-dealkylation sites (tertiary alicyclic amines) is 1. The molecule has 17 heavy (non-hydrogen) atoms. The van der Waals surface area contributed by atoms with Crippen molar-refractivity contribution in [1.82, 2.24) is 20.4 Å². The van der Waals surface area contributed by atoms with Crippen LogP contribution in [0.1, 0.15) is 29.8 Å². The highest BCUT2D eigenvalue weighted by Crippen LogP contribution is 2.31. The van der Waals surface area contributed by atoms with Crippen LogP contribution in [0.5, 0.6) is 0 Å². The highest BCUT2D eigenvalue weighted by Gasteiger charge is 2.34. The minimum Gasteiger partial charge on any atom is -0.350 e. The fourth-order valence-electron chi connectivity index (χ4n) is 2.52. The normalized spacial score (nSPS) is 25.1. The number of hydrogen-bond acceptors (Lipinski definition) is 3. The number of aromatic nitrogens is 2. The number of nitrogens with zero attached hydrogens (tertiary/aromatic N) is 2. The Labute approximate surface area is 101 Å². The Morgan fingerprint density at radius 3 is 3.12 bits per heavy atom. The molecule has 1 aliphatic heterocycles. The molecule has 1 aromatic heterocycles. The summed E-state index contributed by atoms with van der Waals surface area (Å²) >= 11 is 0. The molecule has 3 rings (SSSR count). The van der Waals surface area contributed by atoms with E-state index >= 15 is 0 Å². The molecule has 2 N–H and O–H groups in total. The number of carbonyl (C=O) groups is 1. The van der Waals surface area contributed by atoms with Crippen LogP contribution in [0.4, 0.5) is 0 Å². The number of nitrogens with one attached hydrogen (secondary N) is 2. The number of H-pyrrole nitrogens is 1. The fourth-order valence-corrected chi connectivity index (χ4v) is 2.52. The maximum absolute atomic E-state index is 11.7. The lowest BCUT2D eigenvalue weighted by molar-refractivity contribution is 0.0942. The van der Waals surface area contributed by atoms with Crippen molar-refractivity contribution in [3.63, 3.8) is 0 Å². The number of carbonyl (C=O) groups excluding carboxylic acids is 1. The molecule has 92 valence electrons. The molecule has 1 atom stereocenters. The van der Waals surface area contributed by atoms with Crippen molar-refractivity contribution < 1.29 is 4.79 Å². The summed E-state index contributed by atoms with van der Waals surface area (Å²) in [5.41, 5.74) is 0.544. The Kier molecular flexibility index (Phi) is 2.84. The largest absolute Gasteiger partial charge is 0.350 e. The van der Waals surface area contributed by atoms with Crippen LogP contribution in [-0.4, -0.2) is 46.7 Å². The van der Waals surface area contributed by atoms with Gasteiger partial charge in [0.05, 0.1) is 0 Å². The van der Waals surface area contributed by atoms with Crippen LogP contribution in [0.2, 0.25) is 0 Å². The van der Waals surface area contributed by atoms with Gasteiger partial charge in [0.1, 0.15) is 5.69 Å². The molecule has 1 unspecified atom stereocenters.